The highest BCUT2D eigenvalue weighted by molar-refractivity contribution is 5.19. The second-order valence-corrected chi connectivity index (χ2v) is 2.40. The van der Waals surface area contributed by atoms with Gasteiger partial charge in [-0.1, -0.05) is 30.3 Å². The molecular formula is C9H9N2O+. The van der Waals surface area contributed by atoms with E-state index in [1.165, 1.54) is 0 Å². The van der Waals surface area contributed by atoms with Gasteiger partial charge in [-0.25, -0.2) is 0 Å². The Morgan fingerprint density at radius 1 is 1.42 bits per heavy atom. The van der Waals surface area contributed by atoms with Crippen LogP contribution in [0.3, 0.4) is 0 Å². The van der Waals surface area contributed by atoms with Gasteiger partial charge in [0, 0.05) is 6.42 Å². The highest BCUT2D eigenvalue weighted by Gasteiger charge is 2.00. The maximum Gasteiger partial charge on any atom is 0.387 e. The SMILES string of the molecule is N#[N+]/C=C(/O)Cc1ccccc1. The summed E-state index contributed by atoms with van der Waals surface area (Å²) in [7, 11) is 0. The molecule has 0 aliphatic heterocycles. The summed E-state index contributed by atoms with van der Waals surface area (Å²) in [6.07, 6.45) is 1.41. The van der Waals surface area contributed by atoms with Gasteiger partial charge in [0.25, 0.3) is 0 Å². The number of aliphatic hydroxyl groups excluding tert-OH is 1. The van der Waals surface area contributed by atoms with Crippen LogP contribution in [0.4, 0.5) is 0 Å². The molecule has 0 fully saturated rings. The van der Waals surface area contributed by atoms with Crippen molar-refractivity contribution in [2.45, 2.75) is 6.42 Å². The van der Waals surface area contributed by atoms with E-state index in [1.807, 2.05) is 30.3 Å². The van der Waals surface area contributed by atoms with Crippen LogP contribution >= 0.6 is 0 Å². The van der Waals surface area contributed by atoms with E-state index >= 15 is 0 Å². The molecule has 0 aliphatic carbocycles. The van der Waals surface area contributed by atoms with E-state index in [4.69, 9.17) is 10.5 Å². The van der Waals surface area contributed by atoms with E-state index in [-0.39, 0.29) is 5.76 Å². The highest BCUT2D eigenvalue weighted by atomic mass is 16.3. The molecule has 60 valence electrons. The number of diazo groups is 1. The summed E-state index contributed by atoms with van der Waals surface area (Å²) in [5.41, 5.74) is 0.981. The minimum absolute atomic E-state index is 0.0451. The summed E-state index contributed by atoms with van der Waals surface area (Å²) >= 11 is 0. The molecule has 1 N–H and O–H groups in total. The first-order valence-electron chi connectivity index (χ1n) is 3.59. The van der Waals surface area contributed by atoms with Crippen molar-refractivity contribution >= 4 is 0 Å². The van der Waals surface area contributed by atoms with Crippen molar-refractivity contribution in [2.24, 2.45) is 0 Å². The predicted molar refractivity (Wildman–Crippen MR) is 45.9 cm³/mol. The minimum Gasteiger partial charge on any atom is -0.505 e. The molecule has 1 aromatic rings. The van der Waals surface area contributed by atoms with Crippen molar-refractivity contribution in [1.82, 2.24) is 0 Å². The third-order valence-corrected chi connectivity index (χ3v) is 1.43. The van der Waals surface area contributed by atoms with Gasteiger partial charge in [-0.15, -0.1) is 0 Å². The van der Waals surface area contributed by atoms with Gasteiger partial charge in [0.2, 0.25) is 5.39 Å². The molecule has 0 aliphatic rings. The van der Waals surface area contributed by atoms with Gasteiger partial charge < -0.3 is 5.11 Å². The molecule has 3 heteroatoms. The van der Waals surface area contributed by atoms with Crippen molar-refractivity contribution in [3.8, 4) is 0 Å². The number of hydrogen-bond acceptors (Lipinski definition) is 2. The molecule has 0 amide bonds. The minimum atomic E-state index is 0.0451. The van der Waals surface area contributed by atoms with Crippen molar-refractivity contribution in [3.63, 3.8) is 0 Å². The summed E-state index contributed by atoms with van der Waals surface area (Å²) in [5, 5.41) is 17.2. The lowest BCUT2D eigenvalue weighted by Crippen LogP contribution is -1.87. The van der Waals surface area contributed by atoms with Crippen LogP contribution in [0.2, 0.25) is 0 Å². The third kappa shape index (κ3) is 2.43. The predicted octanol–water partition coefficient (Wildman–Crippen LogP) is 2.48. The number of allylic oxidation sites excluding steroid dienone is 1. The Kier molecular flexibility index (Phi) is 2.86. The lowest BCUT2D eigenvalue weighted by Gasteiger charge is -1.94. The van der Waals surface area contributed by atoms with Gasteiger partial charge in [-0.05, 0) is 5.56 Å². The molecule has 1 aromatic carbocycles. The Hall–Kier alpha value is -1.82. The van der Waals surface area contributed by atoms with Crippen LogP contribution in [0.5, 0.6) is 0 Å². The fourth-order valence-corrected chi connectivity index (χ4v) is 0.917. The quantitative estimate of drug-likeness (QED) is 0.535. The van der Waals surface area contributed by atoms with Crippen LogP contribution in [-0.2, 0) is 6.42 Å². The van der Waals surface area contributed by atoms with Crippen LogP contribution in [0.1, 0.15) is 5.56 Å². The van der Waals surface area contributed by atoms with Gasteiger partial charge in [-0.2, -0.15) is 0 Å². The molecule has 0 saturated carbocycles. The molecule has 3 nitrogen and oxygen atoms in total. The lowest BCUT2D eigenvalue weighted by molar-refractivity contribution is 0.398. The van der Waals surface area contributed by atoms with Crippen LogP contribution in [0.15, 0.2) is 42.3 Å². The number of hydrogen-bond donors (Lipinski definition) is 1. The molecule has 0 radical (unpaired) electrons. The average molecular weight is 161 g/mol. The maximum atomic E-state index is 9.11. The zero-order valence-corrected chi connectivity index (χ0v) is 6.51. The zero-order valence-electron chi connectivity index (χ0n) is 6.51. The monoisotopic (exact) mass is 161 g/mol. The summed E-state index contributed by atoms with van der Waals surface area (Å²) in [6, 6.07) is 9.46. The van der Waals surface area contributed by atoms with Gasteiger partial charge in [0.05, 0.1) is 0 Å². The van der Waals surface area contributed by atoms with E-state index in [0.717, 1.165) is 11.8 Å². The maximum absolute atomic E-state index is 9.11. The van der Waals surface area contributed by atoms with Gasteiger partial charge in [0.1, 0.15) is 0 Å². The molecule has 0 atom stereocenters. The standard InChI is InChI=1S/C9H8N2O/c10-11-7-9(12)6-8-4-2-1-3-5-8/h1-5,7H,6H2/p+1/b9-7+. The molecule has 0 heterocycles. The van der Waals surface area contributed by atoms with Crippen molar-refractivity contribution in [2.75, 3.05) is 0 Å². The first kappa shape index (κ1) is 8.28. The molecule has 0 aromatic heterocycles. The second-order valence-electron chi connectivity index (χ2n) is 2.40. The Morgan fingerprint density at radius 2 is 2.08 bits per heavy atom. The smallest absolute Gasteiger partial charge is 0.387 e. The Morgan fingerprint density at radius 3 is 2.67 bits per heavy atom. The molecule has 0 unspecified atom stereocenters. The van der Waals surface area contributed by atoms with E-state index < -0.39 is 0 Å². The number of rotatable bonds is 2. The van der Waals surface area contributed by atoms with E-state index in [2.05, 4.69) is 4.98 Å². The van der Waals surface area contributed by atoms with Crippen molar-refractivity contribution in [1.29, 1.82) is 5.39 Å². The summed E-state index contributed by atoms with van der Waals surface area (Å²) in [4.78, 5) is 2.72. The van der Waals surface area contributed by atoms with Crippen molar-refractivity contribution in [3.05, 3.63) is 52.8 Å². The fraction of sp³-hybridized carbons (Fsp3) is 0.111. The Bertz CT molecular complexity index is 311. The molecule has 0 bridgehead atoms. The topological polar surface area (TPSA) is 48.4 Å². The third-order valence-electron chi connectivity index (χ3n) is 1.43. The largest absolute Gasteiger partial charge is 0.505 e. The molecule has 12 heavy (non-hydrogen) atoms. The first-order chi connectivity index (χ1) is 5.83. The molecular weight excluding hydrogens is 152 g/mol. The summed E-state index contributed by atoms with van der Waals surface area (Å²) in [5.74, 6) is 0.0451. The first-order valence-corrected chi connectivity index (χ1v) is 3.59. The zero-order chi connectivity index (χ0) is 8.81. The molecule has 0 spiro atoms. The summed E-state index contributed by atoms with van der Waals surface area (Å²) < 4.78 is 0. The molecule has 1 rings (SSSR count). The van der Waals surface area contributed by atoms with E-state index in [1.54, 1.807) is 0 Å². The van der Waals surface area contributed by atoms with Crippen LogP contribution in [0, 0.1) is 5.39 Å². The Labute approximate surface area is 70.6 Å². The number of benzene rings is 1. The fourth-order valence-electron chi connectivity index (χ4n) is 0.917. The van der Waals surface area contributed by atoms with Crippen LogP contribution < -0.4 is 0 Å². The van der Waals surface area contributed by atoms with Crippen LogP contribution in [0.25, 0.3) is 4.98 Å². The number of aliphatic hydroxyl groups is 1. The Balaban J connectivity index is 2.66. The summed E-state index contributed by atoms with van der Waals surface area (Å²) in [6.45, 7) is 0. The normalized spacial score (nSPS) is 10.8. The van der Waals surface area contributed by atoms with Crippen LogP contribution in [-0.4, -0.2) is 5.11 Å². The van der Waals surface area contributed by atoms with E-state index in [0.29, 0.717) is 6.42 Å². The van der Waals surface area contributed by atoms with E-state index in [9.17, 15) is 0 Å². The average Bonchev–Trinajstić information content (AvgIpc) is 2.06. The second kappa shape index (κ2) is 4.14. The molecule has 0 saturated heterocycles. The van der Waals surface area contributed by atoms with Gasteiger partial charge >= 0.3 is 6.20 Å². The lowest BCUT2D eigenvalue weighted by atomic mass is 10.1. The van der Waals surface area contributed by atoms with Gasteiger partial charge in [-0.3, -0.25) is 0 Å². The highest BCUT2D eigenvalue weighted by Crippen LogP contribution is 2.04. The van der Waals surface area contributed by atoms with Crippen molar-refractivity contribution < 1.29 is 5.11 Å². The van der Waals surface area contributed by atoms with Gasteiger partial charge in [0.15, 0.2) is 10.7 Å². The number of nitrogens with zero attached hydrogens (tertiary/aromatic N) is 2.